The van der Waals surface area contributed by atoms with E-state index in [9.17, 15) is 17.6 Å². The molecule has 7 N–H and O–H groups in total. The molecular weight excluding hydrogens is 525 g/mol. The Labute approximate surface area is 230 Å². The highest BCUT2D eigenvalue weighted by Crippen LogP contribution is 2.28. The molecule has 1 amide bonds. The van der Waals surface area contributed by atoms with Gasteiger partial charge < -0.3 is 32.2 Å². The van der Waals surface area contributed by atoms with Gasteiger partial charge in [-0.3, -0.25) is 9.69 Å². The van der Waals surface area contributed by atoms with Gasteiger partial charge in [-0.25, -0.2) is 17.4 Å². The molecule has 0 aromatic carbocycles. The quantitative estimate of drug-likeness (QED) is 0.194. The molecule has 0 radical (unpaired) electrons. The standard InChI is InChI=1S/C26H44FN7O4S/c27-17-12-31-25(34(14-17)18-4-2-1-3-5-18)23(24(28)29)26(35)32-21-13-30-9-6-22(21)33-10-7-19(8-11-33)39(36,37)20-15-38-16-20/h12,19-25,30-31H,1-11,13-16,28-29H2/p+1. The molecule has 4 fully saturated rings. The Morgan fingerprint density at radius 2 is 1.85 bits per heavy atom. The van der Waals surface area contributed by atoms with E-state index >= 15 is 0 Å². The van der Waals surface area contributed by atoms with Crippen LogP contribution < -0.4 is 27.4 Å². The minimum atomic E-state index is -3.17. The summed E-state index contributed by atoms with van der Waals surface area (Å²) in [5.74, 6) is -1.31. The number of halogens is 1. The van der Waals surface area contributed by atoms with Crippen LogP contribution in [0.1, 0.15) is 51.4 Å². The molecule has 13 heteroatoms. The number of sulfone groups is 1. The molecule has 0 aromatic heterocycles. The Balaban J connectivity index is 1.27. The zero-order chi connectivity index (χ0) is 27.6. The van der Waals surface area contributed by atoms with Gasteiger partial charge in [0.2, 0.25) is 12.1 Å². The molecule has 1 aliphatic carbocycles. The summed E-state index contributed by atoms with van der Waals surface area (Å²) in [6.45, 7) is 3.52. The first-order valence-corrected chi connectivity index (χ1v) is 16.2. The maximum atomic E-state index is 14.3. The first-order chi connectivity index (χ1) is 18.8. The van der Waals surface area contributed by atoms with Gasteiger partial charge in [0.05, 0.1) is 30.7 Å². The Morgan fingerprint density at radius 1 is 1.13 bits per heavy atom. The second-order valence-electron chi connectivity index (χ2n) is 11.7. The van der Waals surface area contributed by atoms with Crippen LogP contribution in [-0.4, -0.2) is 110 Å². The van der Waals surface area contributed by atoms with E-state index in [0.717, 1.165) is 50.8 Å². The number of rotatable bonds is 7. The van der Waals surface area contributed by atoms with Gasteiger partial charge in [-0.2, -0.15) is 0 Å². The second-order valence-corrected chi connectivity index (χ2v) is 14.2. The van der Waals surface area contributed by atoms with Crippen LogP contribution in [0.15, 0.2) is 12.0 Å². The van der Waals surface area contributed by atoms with Gasteiger partial charge in [-0.1, -0.05) is 6.42 Å². The number of hydrogen-bond donors (Lipinski definition) is 5. The minimum Gasteiger partial charge on any atom is -0.379 e. The predicted molar refractivity (Wildman–Crippen MR) is 146 cm³/mol. The zero-order valence-corrected chi connectivity index (χ0v) is 23.5. The number of hydrogen-bond acceptors (Lipinski definition) is 9. The van der Waals surface area contributed by atoms with Gasteiger partial charge in [-0.15, -0.1) is 0 Å². The number of amides is 1. The zero-order valence-electron chi connectivity index (χ0n) is 22.7. The van der Waals surface area contributed by atoms with Gasteiger partial charge in [0.1, 0.15) is 11.2 Å². The number of likely N-dealkylation sites (tertiary alicyclic amines) is 1. The SMILES string of the molecule is NC(N)C(C(=O)NC1CNCCC1N1CCC(S(=O)(=O)C2COC2)CC1)C1NC=C(F)C[N+]1=C1CCCCC1. The van der Waals surface area contributed by atoms with Gasteiger partial charge in [-0.05, 0) is 51.7 Å². The van der Waals surface area contributed by atoms with Crippen molar-refractivity contribution in [3.8, 4) is 0 Å². The van der Waals surface area contributed by atoms with E-state index in [-0.39, 0.29) is 40.9 Å². The van der Waals surface area contributed by atoms with Crippen molar-refractivity contribution in [3.05, 3.63) is 12.0 Å². The monoisotopic (exact) mass is 570 g/mol. The van der Waals surface area contributed by atoms with Crippen LogP contribution in [-0.2, 0) is 19.4 Å². The summed E-state index contributed by atoms with van der Waals surface area (Å²) in [5.41, 5.74) is 13.6. The molecule has 5 rings (SSSR count). The predicted octanol–water partition coefficient (Wildman–Crippen LogP) is -0.871. The van der Waals surface area contributed by atoms with Crippen molar-refractivity contribution in [2.75, 3.05) is 45.9 Å². The Hall–Kier alpha value is -1.64. The fraction of sp³-hybridized carbons (Fsp3) is 0.846. The van der Waals surface area contributed by atoms with Crippen molar-refractivity contribution in [3.63, 3.8) is 0 Å². The lowest BCUT2D eigenvalue weighted by Crippen LogP contribution is -2.66. The number of nitrogens with two attached hydrogens (primary N) is 2. The van der Waals surface area contributed by atoms with E-state index in [2.05, 4.69) is 20.9 Å². The molecule has 3 saturated heterocycles. The lowest BCUT2D eigenvalue weighted by atomic mass is 9.93. The largest absolute Gasteiger partial charge is 0.379 e. The van der Waals surface area contributed by atoms with Crippen molar-refractivity contribution >= 4 is 21.5 Å². The molecule has 1 saturated carbocycles. The summed E-state index contributed by atoms with van der Waals surface area (Å²) in [6.07, 6.45) is 6.93. The molecule has 0 aromatic rings. The van der Waals surface area contributed by atoms with E-state index < -0.39 is 28.1 Å². The Morgan fingerprint density at radius 3 is 2.49 bits per heavy atom. The van der Waals surface area contributed by atoms with Crippen molar-refractivity contribution in [1.82, 2.24) is 20.9 Å². The first kappa shape index (κ1) is 28.9. The molecule has 39 heavy (non-hydrogen) atoms. The number of nitrogens with one attached hydrogen (secondary N) is 3. The molecule has 4 aliphatic heterocycles. The minimum absolute atomic E-state index is 0.0843. The number of carbonyl (C=O) groups excluding carboxylic acids is 1. The van der Waals surface area contributed by atoms with Crippen LogP contribution in [0.4, 0.5) is 4.39 Å². The van der Waals surface area contributed by atoms with Crippen molar-refractivity contribution < 1.29 is 26.9 Å². The smallest absolute Gasteiger partial charge is 0.240 e. The average molecular weight is 571 g/mol. The van der Waals surface area contributed by atoms with Gasteiger partial charge in [0, 0.05) is 31.6 Å². The van der Waals surface area contributed by atoms with E-state index in [4.69, 9.17) is 16.2 Å². The third-order valence-corrected chi connectivity index (χ3v) is 11.8. The molecule has 0 bridgehead atoms. The maximum Gasteiger partial charge on any atom is 0.240 e. The van der Waals surface area contributed by atoms with Crippen LogP contribution >= 0.6 is 0 Å². The van der Waals surface area contributed by atoms with Crippen LogP contribution in [0, 0.1) is 5.92 Å². The van der Waals surface area contributed by atoms with Crippen LogP contribution in [0.5, 0.6) is 0 Å². The normalized spacial score (nSPS) is 30.9. The highest BCUT2D eigenvalue weighted by Gasteiger charge is 2.45. The summed E-state index contributed by atoms with van der Waals surface area (Å²) in [6, 6.07) is -0.0895. The Kier molecular flexibility index (Phi) is 9.24. The fourth-order valence-corrected chi connectivity index (χ4v) is 8.86. The summed E-state index contributed by atoms with van der Waals surface area (Å²) in [5, 5.41) is 9.01. The van der Waals surface area contributed by atoms with Gasteiger partial charge >= 0.3 is 0 Å². The van der Waals surface area contributed by atoms with Gasteiger partial charge in [0.15, 0.2) is 27.9 Å². The number of nitrogens with zero attached hydrogens (tertiary/aromatic N) is 2. The summed E-state index contributed by atoms with van der Waals surface area (Å²) >= 11 is 0. The lowest BCUT2D eigenvalue weighted by Gasteiger charge is -2.44. The van der Waals surface area contributed by atoms with Crippen LogP contribution in [0.2, 0.25) is 0 Å². The first-order valence-electron chi connectivity index (χ1n) is 14.5. The molecule has 4 atom stereocenters. The summed E-state index contributed by atoms with van der Waals surface area (Å²) in [7, 11) is -3.17. The molecule has 5 aliphatic rings. The number of piperidine rings is 2. The third kappa shape index (κ3) is 6.33. The molecule has 11 nitrogen and oxygen atoms in total. The molecule has 4 heterocycles. The molecule has 0 spiro atoms. The fourth-order valence-electron chi connectivity index (χ4n) is 6.87. The third-order valence-electron chi connectivity index (χ3n) is 9.22. The summed E-state index contributed by atoms with van der Waals surface area (Å²) < 4.78 is 47.2. The Bertz CT molecular complexity index is 1050. The maximum absolute atomic E-state index is 14.3. The van der Waals surface area contributed by atoms with Crippen molar-refractivity contribution in [1.29, 1.82) is 0 Å². The number of carbonyl (C=O) groups is 1. The van der Waals surface area contributed by atoms with E-state index in [1.165, 1.54) is 6.20 Å². The van der Waals surface area contributed by atoms with Crippen molar-refractivity contribution in [2.24, 2.45) is 17.4 Å². The number of ether oxygens (including phenoxy) is 1. The van der Waals surface area contributed by atoms with Crippen LogP contribution in [0.3, 0.4) is 0 Å². The van der Waals surface area contributed by atoms with Crippen LogP contribution in [0.25, 0.3) is 0 Å². The van der Waals surface area contributed by atoms with E-state index in [0.29, 0.717) is 45.7 Å². The average Bonchev–Trinajstić information content (AvgIpc) is 2.89. The van der Waals surface area contributed by atoms with E-state index in [1.54, 1.807) is 0 Å². The molecule has 220 valence electrons. The van der Waals surface area contributed by atoms with E-state index in [1.807, 2.05) is 4.58 Å². The highest BCUT2D eigenvalue weighted by molar-refractivity contribution is 7.92. The summed E-state index contributed by atoms with van der Waals surface area (Å²) in [4.78, 5) is 16.1. The lowest BCUT2D eigenvalue weighted by molar-refractivity contribution is -0.578. The highest BCUT2D eigenvalue weighted by atomic mass is 32.2. The molecular formula is C26H45FN7O4S+. The molecule has 4 unspecified atom stereocenters. The topological polar surface area (TPSA) is 155 Å². The second kappa shape index (κ2) is 12.5. The van der Waals surface area contributed by atoms with Gasteiger partial charge in [0.25, 0.3) is 0 Å². The van der Waals surface area contributed by atoms with Crippen molar-refractivity contribution in [2.45, 2.75) is 86.3 Å².